The first-order valence-corrected chi connectivity index (χ1v) is 4.35. The van der Waals surface area contributed by atoms with Crippen LogP contribution >= 0.6 is 0 Å². The first-order valence-electron chi connectivity index (χ1n) is 4.35. The molecule has 0 bridgehead atoms. The number of rotatable bonds is 4. The van der Waals surface area contributed by atoms with Crippen molar-refractivity contribution in [2.75, 3.05) is 18.9 Å². The van der Waals surface area contributed by atoms with E-state index in [1.165, 1.54) is 0 Å². The summed E-state index contributed by atoms with van der Waals surface area (Å²) in [5.41, 5.74) is 6.17. The van der Waals surface area contributed by atoms with Crippen molar-refractivity contribution in [2.45, 2.75) is 13.8 Å². The number of anilines is 1. The van der Waals surface area contributed by atoms with E-state index in [1.807, 2.05) is 13.8 Å². The van der Waals surface area contributed by atoms with Gasteiger partial charge in [-0.3, -0.25) is 0 Å². The fraction of sp³-hybridized carbons (Fsp3) is 0.400. The van der Waals surface area contributed by atoms with Crippen LogP contribution in [0.5, 0.6) is 11.5 Å². The standard InChI is InChI=1S/C10H14NO2/c1-3-12-8-5-6-10(13-4-2)9(11)7-8/h5-6H,3-4,11H2,1-2H3. The number of nitrogens with two attached hydrogens (primary N) is 1. The first kappa shape index (κ1) is 9.71. The molecule has 13 heavy (non-hydrogen) atoms. The molecule has 0 saturated carbocycles. The molecule has 0 aliphatic carbocycles. The summed E-state index contributed by atoms with van der Waals surface area (Å²) in [7, 11) is 0. The maximum atomic E-state index is 5.68. The molecule has 71 valence electrons. The summed E-state index contributed by atoms with van der Waals surface area (Å²) in [5.74, 6) is 1.31. The maximum absolute atomic E-state index is 5.68. The zero-order chi connectivity index (χ0) is 9.68. The zero-order valence-electron chi connectivity index (χ0n) is 7.96. The molecule has 0 heterocycles. The van der Waals surface area contributed by atoms with E-state index >= 15 is 0 Å². The van der Waals surface area contributed by atoms with Crippen LogP contribution in [0.2, 0.25) is 0 Å². The van der Waals surface area contributed by atoms with Gasteiger partial charge in [-0.25, -0.2) is 0 Å². The molecule has 1 aromatic rings. The molecule has 3 heteroatoms. The van der Waals surface area contributed by atoms with E-state index in [1.54, 1.807) is 12.1 Å². The van der Waals surface area contributed by atoms with Crippen molar-refractivity contribution in [3.05, 3.63) is 18.2 Å². The predicted octanol–water partition coefficient (Wildman–Crippen LogP) is 1.87. The van der Waals surface area contributed by atoms with Crippen molar-refractivity contribution in [2.24, 2.45) is 0 Å². The second-order valence-electron chi connectivity index (χ2n) is 2.47. The molecule has 1 radical (unpaired) electrons. The van der Waals surface area contributed by atoms with E-state index in [2.05, 4.69) is 6.07 Å². The number of benzene rings is 1. The lowest BCUT2D eigenvalue weighted by molar-refractivity contribution is 0.331. The van der Waals surface area contributed by atoms with Gasteiger partial charge in [0.2, 0.25) is 0 Å². The maximum Gasteiger partial charge on any atom is 0.143 e. The molecule has 0 aliphatic heterocycles. The molecule has 1 rings (SSSR count). The average molecular weight is 180 g/mol. The SMILES string of the molecule is CCOc1[c]c(N)c(OCC)cc1. The van der Waals surface area contributed by atoms with Crippen molar-refractivity contribution in [1.29, 1.82) is 0 Å². The Morgan fingerprint density at radius 3 is 2.46 bits per heavy atom. The Labute approximate surface area is 78.5 Å². The minimum atomic E-state index is 0.493. The summed E-state index contributed by atoms with van der Waals surface area (Å²) < 4.78 is 10.5. The minimum absolute atomic E-state index is 0.493. The third kappa shape index (κ3) is 2.54. The van der Waals surface area contributed by atoms with E-state index in [4.69, 9.17) is 15.2 Å². The molecule has 0 aliphatic rings. The van der Waals surface area contributed by atoms with Crippen LogP contribution in [-0.4, -0.2) is 13.2 Å². The summed E-state index contributed by atoms with van der Waals surface area (Å²) in [6.07, 6.45) is 0. The van der Waals surface area contributed by atoms with E-state index in [-0.39, 0.29) is 0 Å². The van der Waals surface area contributed by atoms with Gasteiger partial charge in [0.25, 0.3) is 0 Å². The molecule has 0 amide bonds. The fourth-order valence-corrected chi connectivity index (χ4v) is 0.998. The van der Waals surface area contributed by atoms with Crippen LogP contribution in [0.1, 0.15) is 13.8 Å². The normalized spacial score (nSPS) is 9.69. The molecular weight excluding hydrogens is 166 g/mol. The van der Waals surface area contributed by atoms with Gasteiger partial charge < -0.3 is 15.2 Å². The second kappa shape index (κ2) is 4.60. The van der Waals surface area contributed by atoms with Gasteiger partial charge in [-0.05, 0) is 26.0 Å². The third-order valence-corrected chi connectivity index (χ3v) is 1.51. The molecule has 0 aromatic heterocycles. The summed E-state index contributed by atoms with van der Waals surface area (Å²) >= 11 is 0. The van der Waals surface area contributed by atoms with Crippen molar-refractivity contribution in [3.63, 3.8) is 0 Å². The Morgan fingerprint density at radius 1 is 1.23 bits per heavy atom. The number of hydrogen-bond donors (Lipinski definition) is 1. The highest BCUT2D eigenvalue weighted by Gasteiger charge is 2.01. The smallest absolute Gasteiger partial charge is 0.143 e. The zero-order valence-corrected chi connectivity index (χ0v) is 7.96. The molecule has 2 N–H and O–H groups in total. The highest BCUT2D eigenvalue weighted by Crippen LogP contribution is 2.25. The fourth-order valence-electron chi connectivity index (χ4n) is 0.998. The van der Waals surface area contributed by atoms with Crippen LogP contribution < -0.4 is 15.2 Å². The average Bonchev–Trinajstić information content (AvgIpc) is 2.10. The van der Waals surface area contributed by atoms with Gasteiger partial charge in [0.1, 0.15) is 11.5 Å². The number of nitrogen functional groups attached to an aromatic ring is 1. The van der Waals surface area contributed by atoms with E-state index in [9.17, 15) is 0 Å². The van der Waals surface area contributed by atoms with Gasteiger partial charge in [-0.15, -0.1) is 0 Å². The second-order valence-corrected chi connectivity index (χ2v) is 2.47. The largest absolute Gasteiger partial charge is 0.493 e. The highest BCUT2D eigenvalue weighted by atomic mass is 16.5. The molecule has 0 spiro atoms. The summed E-state index contributed by atoms with van der Waals surface area (Å²) in [5, 5.41) is 0. The van der Waals surface area contributed by atoms with Crippen LogP contribution in [0.4, 0.5) is 5.69 Å². The van der Waals surface area contributed by atoms with E-state index < -0.39 is 0 Å². The van der Waals surface area contributed by atoms with Crippen molar-refractivity contribution < 1.29 is 9.47 Å². The Hall–Kier alpha value is -1.38. The summed E-state index contributed by atoms with van der Waals surface area (Å²) in [6, 6.07) is 6.48. The van der Waals surface area contributed by atoms with Gasteiger partial charge in [0.05, 0.1) is 25.0 Å². The molecular formula is C10H14NO2. The Balaban J connectivity index is 2.79. The first-order chi connectivity index (χ1) is 6.27. The Kier molecular flexibility index (Phi) is 3.43. The van der Waals surface area contributed by atoms with Crippen LogP contribution in [0.3, 0.4) is 0 Å². The summed E-state index contributed by atoms with van der Waals surface area (Å²) in [4.78, 5) is 0. The van der Waals surface area contributed by atoms with Gasteiger partial charge in [-0.2, -0.15) is 0 Å². The molecule has 0 unspecified atom stereocenters. The van der Waals surface area contributed by atoms with Crippen LogP contribution in [-0.2, 0) is 0 Å². The van der Waals surface area contributed by atoms with E-state index in [0.29, 0.717) is 30.4 Å². The van der Waals surface area contributed by atoms with Gasteiger partial charge in [0, 0.05) is 0 Å². The molecule has 3 nitrogen and oxygen atoms in total. The number of hydrogen-bond acceptors (Lipinski definition) is 3. The van der Waals surface area contributed by atoms with Crippen LogP contribution in [0.25, 0.3) is 0 Å². The Morgan fingerprint density at radius 2 is 1.92 bits per heavy atom. The van der Waals surface area contributed by atoms with Gasteiger partial charge in [-0.1, -0.05) is 0 Å². The lowest BCUT2D eigenvalue weighted by atomic mass is 10.3. The number of ether oxygens (including phenoxy) is 2. The molecule has 0 saturated heterocycles. The topological polar surface area (TPSA) is 44.5 Å². The third-order valence-electron chi connectivity index (χ3n) is 1.51. The Bertz CT molecular complexity index is 274. The predicted molar refractivity (Wildman–Crippen MR) is 52.0 cm³/mol. The van der Waals surface area contributed by atoms with Crippen molar-refractivity contribution in [3.8, 4) is 11.5 Å². The van der Waals surface area contributed by atoms with Crippen molar-refractivity contribution in [1.82, 2.24) is 0 Å². The molecule has 1 aromatic carbocycles. The minimum Gasteiger partial charge on any atom is -0.493 e. The monoisotopic (exact) mass is 180 g/mol. The quantitative estimate of drug-likeness (QED) is 0.719. The molecule has 0 fully saturated rings. The summed E-state index contributed by atoms with van der Waals surface area (Å²) in [6.45, 7) is 5.05. The van der Waals surface area contributed by atoms with Crippen molar-refractivity contribution >= 4 is 5.69 Å². The molecule has 0 atom stereocenters. The van der Waals surface area contributed by atoms with Crippen LogP contribution in [0.15, 0.2) is 12.1 Å². The highest BCUT2D eigenvalue weighted by molar-refractivity contribution is 5.54. The van der Waals surface area contributed by atoms with Gasteiger partial charge in [0.15, 0.2) is 0 Å². The van der Waals surface area contributed by atoms with Crippen LogP contribution in [0, 0.1) is 6.07 Å². The lowest BCUT2D eigenvalue weighted by Crippen LogP contribution is -1.98. The van der Waals surface area contributed by atoms with E-state index in [0.717, 1.165) is 0 Å². The van der Waals surface area contributed by atoms with Gasteiger partial charge >= 0.3 is 0 Å². The lowest BCUT2D eigenvalue weighted by Gasteiger charge is -2.08.